The molecule has 0 saturated heterocycles. The van der Waals surface area contributed by atoms with Crippen LogP contribution in [-0.4, -0.2) is 28.8 Å². The summed E-state index contributed by atoms with van der Waals surface area (Å²) in [5, 5.41) is 14.6. The van der Waals surface area contributed by atoms with Crippen LogP contribution in [0.15, 0.2) is 12.1 Å². The minimum Gasteiger partial charge on any atom is -0.396 e. The Bertz CT molecular complexity index is 447. The van der Waals surface area contributed by atoms with Crippen molar-refractivity contribution in [3.8, 4) is 0 Å². The number of rotatable bonds is 6. The van der Waals surface area contributed by atoms with Gasteiger partial charge in [0.2, 0.25) is 0 Å². The molecule has 0 saturated carbocycles. The van der Waals surface area contributed by atoms with E-state index >= 15 is 0 Å². The molecule has 1 aromatic heterocycles. The topological polar surface area (TPSA) is 57.2 Å². The van der Waals surface area contributed by atoms with Crippen LogP contribution >= 0.6 is 0 Å². The first-order chi connectivity index (χ1) is 9.18. The van der Waals surface area contributed by atoms with Crippen LogP contribution in [0.3, 0.4) is 0 Å². The largest absolute Gasteiger partial charge is 0.416 e. The van der Waals surface area contributed by atoms with Crippen LogP contribution in [-0.2, 0) is 6.18 Å². The second-order valence-electron chi connectivity index (χ2n) is 5.14. The van der Waals surface area contributed by atoms with Gasteiger partial charge < -0.3 is 15.7 Å². The number of hydrogen-bond donors (Lipinski definition) is 3. The third-order valence-electron chi connectivity index (χ3n) is 2.71. The van der Waals surface area contributed by atoms with Crippen LogP contribution in [0.5, 0.6) is 0 Å². The van der Waals surface area contributed by atoms with Crippen molar-refractivity contribution in [3.05, 3.63) is 17.7 Å². The second kappa shape index (κ2) is 6.30. The van der Waals surface area contributed by atoms with Crippen LogP contribution in [0.4, 0.5) is 24.8 Å². The van der Waals surface area contributed by atoms with Gasteiger partial charge in [-0.2, -0.15) is 13.2 Å². The van der Waals surface area contributed by atoms with Crippen LogP contribution in [0, 0.1) is 0 Å². The second-order valence-corrected chi connectivity index (χ2v) is 5.14. The lowest BCUT2D eigenvalue weighted by atomic mass is 10.0. The van der Waals surface area contributed by atoms with Gasteiger partial charge in [-0.25, -0.2) is 4.98 Å². The molecule has 114 valence electrons. The van der Waals surface area contributed by atoms with E-state index in [1.54, 1.807) is 20.8 Å². The maximum absolute atomic E-state index is 12.8. The van der Waals surface area contributed by atoms with Gasteiger partial charge in [0.15, 0.2) is 0 Å². The number of pyridine rings is 1. The van der Waals surface area contributed by atoms with Crippen molar-refractivity contribution >= 4 is 11.6 Å². The Morgan fingerprint density at radius 2 is 1.80 bits per heavy atom. The Hall–Kier alpha value is -1.50. The smallest absolute Gasteiger partial charge is 0.396 e. The minimum atomic E-state index is -4.43. The van der Waals surface area contributed by atoms with Crippen LogP contribution in [0.2, 0.25) is 0 Å². The fraction of sp³-hybridized carbons (Fsp3) is 0.615. The van der Waals surface area contributed by atoms with Crippen LogP contribution in [0.1, 0.15) is 32.8 Å². The van der Waals surface area contributed by atoms with E-state index in [4.69, 9.17) is 5.11 Å². The number of nitrogens with zero attached hydrogens (tertiary/aromatic N) is 1. The standard InChI is InChI=1S/C13H20F3N3O/c1-4-17-10-7-9(13(14,15)16)8-11(18-10)19-12(2,3)5-6-20/h7-8,20H,4-6H2,1-3H3,(H2,17,18,19). The minimum absolute atomic E-state index is 0.0565. The molecule has 7 heteroatoms. The zero-order chi connectivity index (χ0) is 15.4. The third kappa shape index (κ3) is 4.88. The molecule has 1 aromatic rings. The summed E-state index contributed by atoms with van der Waals surface area (Å²) in [6.07, 6.45) is -4.02. The lowest BCUT2D eigenvalue weighted by molar-refractivity contribution is -0.137. The number of nitrogens with one attached hydrogen (secondary N) is 2. The summed E-state index contributed by atoms with van der Waals surface area (Å²) in [4.78, 5) is 4.10. The Balaban J connectivity index is 3.09. The van der Waals surface area contributed by atoms with Crippen molar-refractivity contribution in [2.45, 2.75) is 38.9 Å². The van der Waals surface area contributed by atoms with Crippen molar-refractivity contribution in [2.75, 3.05) is 23.8 Å². The number of aromatic nitrogens is 1. The molecular weight excluding hydrogens is 271 g/mol. The van der Waals surface area contributed by atoms with Gasteiger partial charge in [0.05, 0.1) is 5.56 Å². The highest BCUT2D eigenvalue weighted by Gasteiger charge is 2.32. The van der Waals surface area contributed by atoms with Gasteiger partial charge in [-0.3, -0.25) is 0 Å². The maximum Gasteiger partial charge on any atom is 0.416 e. The van der Waals surface area contributed by atoms with Crippen LogP contribution in [0.25, 0.3) is 0 Å². The highest BCUT2D eigenvalue weighted by molar-refractivity contribution is 5.50. The van der Waals surface area contributed by atoms with E-state index in [2.05, 4.69) is 15.6 Å². The molecule has 4 nitrogen and oxygen atoms in total. The predicted octanol–water partition coefficient (Wildman–Crippen LogP) is 3.11. The predicted molar refractivity (Wildman–Crippen MR) is 72.8 cm³/mol. The van der Waals surface area contributed by atoms with Gasteiger partial charge in [-0.15, -0.1) is 0 Å². The summed E-state index contributed by atoms with van der Waals surface area (Å²) in [6.45, 7) is 5.79. The summed E-state index contributed by atoms with van der Waals surface area (Å²) in [6, 6.07) is 1.95. The van der Waals surface area contributed by atoms with E-state index in [9.17, 15) is 13.2 Å². The maximum atomic E-state index is 12.8. The molecule has 0 atom stereocenters. The molecule has 3 N–H and O–H groups in total. The molecule has 1 heterocycles. The van der Waals surface area contributed by atoms with Crippen molar-refractivity contribution in [3.63, 3.8) is 0 Å². The molecule has 0 radical (unpaired) electrons. The van der Waals surface area contributed by atoms with Crippen molar-refractivity contribution in [2.24, 2.45) is 0 Å². The molecule has 0 fully saturated rings. The van der Waals surface area contributed by atoms with Crippen LogP contribution < -0.4 is 10.6 Å². The highest BCUT2D eigenvalue weighted by Crippen LogP contribution is 2.32. The van der Waals surface area contributed by atoms with Gasteiger partial charge in [-0.05, 0) is 39.3 Å². The summed E-state index contributed by atoms with van der Waals surface area (Å²) >= 11 is 0. The fourth-order valence-corrected chi connectivity index (χ4v) is 1.72. The van der Waals surface area contributed by atoms with Gasteiger partial charge in [0.1, 0.15) is 11.6 Å². The van der Waals surface area contributed by atoms with E-state index in [0.717, 1.165) is 12.1 Å². The van der Waals surface area contributed by atoms with Gasteiger partial charge in [-0.1, -0.05) is 0 Å². The zero-order valence-corrected chi connectivity index (χ0v) is 11.8. The molecule has 0 aliphatic carbocycles. The van der Waals surface area contributed by atoms with Crippen molar-refractivity contribution in [1.29, 1.82) is 0 Å². The number of halogens is 3. The Morgan fingerprint density at radius 3 is 2.30 bits per heavy atom. The Kier molecular flexibility index (Phi) is 5.21. The molecular formula is C13H20F3N3O. The number of aliphatic hydroxyl groups is 1. The molecule has 0 aromatic carbocycles. The van der Waals surface area contributed by atoms with E-state index in [-0.39, 0.29) is 18.2 Å². The summed E-state index contributed by atoms with van der Waals surface area (Å²) in [5.41, 5.74) is -1.30. The quantitative estimate of drug-likeness (QED) is 0.754. The highest BCUT2D eigenvalue weighted by atomic mass is 19.4. The first kappa shape index (κ1) is 16.6. The number of anilines is 2. The summed E-state index contributed by atoms with van der Waals surface area (Å²) in [5.74, 6) is 0.304. The average Bonchev–Trinajstić information content (AvgIpc) is 2.26. The van der Waals surface area contributed by atoms with Gasteiger partial charge >= 0.3 is 6.18 Å². The molecule has 0 unspecified atom stereocenters. The normalized spacial score (nSPS) is 12.3. The lowest BCUT2D eigenvalue weighted by Crippen LogP contribution is -2.32. The molecule has 0 bridgehead atoms. The number of aliphatic hydroxyl groups excluding tert-OH is 1. The first-order valence-corrected chi connectivity index (χ1v) is 6.40. The molecule has 0 amide bonds. The van der Waals surface area contributed by atoms with Gasteiger partial charge in [0, 0.05) is 18.7 Å². The molecule has 1 rings (SSSR count). The lowest BCUT2D eigenvalue weighted by Gasteiger charge is -2.26. The first-order valence-electron chi connectivity index (χ1n) is 6.40. The average molecular weight is 291 g/mol. The van der Waals surface area contributed by atoms with Crippen molar-refractivity contribution in [1.82, 2.24) is 4.98 Å². The van der Waals surface area contributed by atoms with Crippen molar-refractivity contribution < 1.29 is 18.3 Å². The molecule has 20 heavy (non-hydrogen) atoms. The van der Waals surface area contributed by atoms with Gasteiger partial charge in [0.25, 0.3) is 0 Å². The fourth-order valence-electron chi connectivity index (χ4n) is 1.72. The van der Waals surface area contributed by atoms with E-state index in [1.165, 1.54) is 0 Å². The summed E-state index contributed by atoms with van der Waals surface area (Å²) < 4.78 is 38.5. The number of alkyl halides is 3. The third-order valence-corrected chi connectivity index (χ3v) is 2.71. The Morgan fingerprint density at radius 1 is 1.20 bits per heavy atom. The Labute approximate surface area is 116 Å². The number of hydrogen-bond acceptors (Lipinski definition) is 4. The zero-order valence-electron chi connectivity index (χ0n) is 11.8. The van der Waals surface area contributed by atoms with E-state index in [1.807, 2.05) is 0 Å². The molecule has 0 aliphatic heterocycles. The molecule has 0 spiro atoms. The molecule has 0 aliphatic rings. The SMILES string of the molecule is CCNc1cc(C(F)(F)F)cc(NC(C)(C)CCO)n1. The van der Waals surface area contributed by atoms with E-state index < -0.39 is 17.3 Å². The van der Waals surface area contributed by atoms with E-state index in [0.29, 0.717) is 13.0 Å². The monoisotopic (exact) mass is 291 g/mol. The summed E-state index contributed by atoms with van der Waals surface area (Å²) in [7, 11) is 0.